The molecule has 0 amide bonds. The van der Waals surface area contributed by atoms with E-state index in [1.54, 1.807) is 6.20 Å². The van der Waals surface area contributed by atoms with Crippen LogP contribution < -0.4 is 10.6 Å². The van der Waals surface area contributed by atoms with Crippen LogP contribution in [0.25, 0.3) is 0 Å². The highest BCUT2D eigenvalue weighted by Gasteiger charge is 2.04. The maximum atomic E-state index is 4.48. The van der Waals surface area contributed by atoms with Gasteiger partial charge in [-0.15, -0.1) is 5.10 Å². The first-order valence-electron chi connectivity index (χ1n) is 8.17. The van der Waals surface area contributed by atoms with Gasteiger partial charge in [0, 0.05) is 12.2 Å². The molecule has 5 heteroatoms. The van der Waals surface area contributed by atoms with Crippen molar-refractivity contribution < 1.29 is 0 Å². The van der Waals surface area contributed by atoms with Crippen molar-refractivity contribution in [2.45, 2.75) is 19.8 Å². The maximum Gasteiger partial charge on any atom is 0.249 e. The average molecular weight is 319 g/mol. The van der Waals surface area contributed by atoms with Crippen LogP contribution in [0.5, 0.6) is 0 Å². The van der Waals surface area contributed by atoms with Crippen LogP contribution in [-0.2, 0) is 12.8 Å². The summed E-state index contributed by atoms with van der Waals surface area (Å²) < 4.78 is 0. The molecule has 24 heavy (non-hydrogen) atoms. The molecule has 0 radical (unpaired) electrons. The van der Waals surface area contributed by atoms with Crippen molar-refractivity contribution in [1.29, 1.82) is 0 Å². The number of nitrogens with one attached hydrogen (secondary N) is 2. The number of aryl methyl sites for hydroxylation is 1. The predicted octanol–water partition coefficient (Wildman–Crippen LogP) is 3.83. The summed E-state index contributed by atoms with van der Waals surface area (Å²) in [7, 11) is 0. The van der Waals surface area contributed by atoms with Crippen molar-refractivity contribution in [3.63, 3.8) is 0 Å². The minimum atomic E-state index is 0.501. The Kier molecular flexibility index (Phi) is 5.35. The molecule has 0 saturated heterocycles. The molecule has 0 saturated carbocycles. The minimum Gasteiger partial charge on any atom is -0.368 e. The van der Waals surface area contributed by atoms with Crippen molar-refractivity contribution in [2.24, 2.45) is 0 Å². The van der Waals surface area contributed by atoms with Crippen molar-refractivity contribution >= 4 is 17.5 Å². The first-order valence-corrected chi connectivity index (χ1v) is 8.17. The summed E-state index contributed by atoms with van der Waals surface area (Å²) in [4.78, 5) is 4.48. The summed E-state index contributed by atoms with van der Waals surface area (Å²) in [5.74, 6) is 1.22. The van der Waals surface area contributed by atoms with Crippen LogP contribution in [0, 0.1) is 0 Å². The molecule has 5 nitrogen and oxygen atoms in total. The smallest absolute Gasteiger partial charge is 0.249 e. The molecule has 0 atom stereocenters. The van der Waals surface area contributed by atoms with Crippen LogP contribution in [0.15, 0.2) is 60.8 Å². The van der Waals surface area contributed by atoms with E-state index < -0.39 is 0 Å². The third kappa shape index (κ3) is 4.29. The lowest BCUT2D eigenvalue weighted by Crippen LogP contribution is -2.09. The number of hydrogen-bond donors (Lipinski definition) is 2. The fourth-order valence-corrected chi connectivity index (χ4v) is 2.49. The van der Waals surface area contributed by atoms with Gasteiger partial charge in [-0.25, -0.2) is 0 Å². The molecule has 0 fully saturated rings. The fraction of sp³-hybridized carbons (Fsp3) is 0.211. The molecule has 3 rings (SSSR count). The van der Waals surface area contributed by atoms with Gasteiger partial charge in [-0.2, -0.15) is 10.1 Å². The topological polar surface area (TPSA) is 62.7 Å². The predicted molar refractivity (Wildman–Crippen MR) is 97.6 cm³/mol. The van der Waals surface area contributed by atoms with Gasteiger partial charge in [-0.05, 0) is 30.0 Å². The van der Waals surface area contributed by atoms with Crippen LogP contribution >= 0.6 is 0 Å². The van der Waals surface area contributed by atoms with Crippen LogP contribution in [-0.4, -0.2) is 21.7 Å². The van der Waals surface area contributed by atoms with Crippen molar-refractivity contribution in [2.75, 3.05) is 17.2 Å². The Morgan fingerprint density at radius 1 is 0.958 bits per heavy atom. The summed E-state index contributed by atoms with van der Waals surface area (Å²) in [6.45, 7) is 2.93. The van der Waals surface area contributed by atoms with E-state index in [0.717, 1.165) is 30.9 Å². The lowest BCUT2D eigenvalue weighted by molar-refractivity contribution is 0.949. The quantitative estimate of drug-likeness (QED) is 0.693. The average Bonchev–Trinajstić information content (AvgIpc) is 2.63. The van der Waals surface area contributed by atoms with Crippen molar-refractivity contribution in [1.82, 2.24) is 15.2 Å². The number of nitrogens with zero attached hydrogens (tertiary/aromatic N) is 3. The Balaban J connectivity index is 1.61. The van der Waals surface area contributed by atoms with Gasteiger partial charge in [0.1, 0.15) is 0 Å². The first kappa shape index (κ1) is 15.9. The van der Waals surface area contributed by atoms with E-state index in [4.69, 9.17) is 0 Å². The number of benzene rings is 2. The molecule has 0 unspecified atom stereocenters. The molecule has 2 aromatic carbocycles. The van der Waals surface area contributed by atoms with Crippen LogP contribution in [0.4, 0.5) is 17.5 Å². The zero-order chi connectivity index (χ0) is 16.6. The monoisotopic (exact) mass is 319 g/mol. The van der Waals surface area contributed by atoms with Gasteiger partial charge >= 0.3 is 0 Å². The summed E-state index contributed by atoms with van der Waals surface area (Å²) in [5.41, 5.74) is 3.54. The normalized spacial score (nSPS) is 10.4. The van der Waals surface area contributed by atoms with E-state index in [9.17, 15) is 0 Å². The Hall–Kier alpha value is -2.95. The fourth-order valence-electron chi connectivity index (χ4n) is 2.49. The SMILES string of the molecule is CCc1ccccc1Nc1nncc(NCCc2ccccc2)n1. The molecule has 0 aliphatic rings. The van der Waals surface area contributed by atoms with E-state index >= 15 is 0 Å². The molecule has 3 aromatic rings. The number of para-hydroxylation sites is 1. The summed E-state index contributed by atoms with van der Waals surface area (Å²) in [5, 5.41) is 14.6. The largest absolute Gasteiger partial charge is 0.368 e. The summed E-state index contributed by atoms with van der Waals surface area (Å²) in [6, 6.07) is 18.5. The third-order valence-corrected chi connectivity index (χ3v) is 3.77. The zero-order valence-corrected chi connectivity index (χ0v) is 13.7. The van der Waals surface area contributed by atoms with Gasteiger partial charge < -0.3 is 10.6 Å². The number of rotatable bonds is 7. The molecule has 0 spiro atoms. The van der Waals surface area contributed by atoms with E-state index in [0.29, 0.717) is 5.95 Å². The standard InChI is InChI=1S/C19H21N5/c1-2-16-10-6-7-11-17(16)22-19-23-18(14-21-24-19)20-13-12-15-8-4-3-5-9-15/h3-11,14H,2,12-13H2,1H3,(H2,20,22,23,24). The number of hydrogen-bond acceptors (Lipinski definition) is 5. The molecule has 1 heterocycles. The van der Waals surface area contributed by atoms with E-state index in [1.165, 1.54) is 11.1 Å². The lowest BCUT2D eigenvalue weighted by atomic mass is 10.1. The van der Waals surface area contributed by atoms with E-state index in [2.05, 4.69) is 63.1 Å². The molecule has 122 valence electrons. The molecule has 1 aromatic heterocycles. The van der Waals surface area contributed by atoms with Crippen molar-refractivity contribution in [3.05, 3.63) is 71.9 Å². The summed E-state index contributed by atoms with van der Waals surface area (Å²) in [6.07, 6.45) is 3.53. The third-order valence-electron chi connectivity index (χ3n) is 3.77. The second-order valence-corrected chi connectivity index (χ2v) is 5.46. The molecule has 0 aliphatic heterocycles. The van der Waals surface area contributed by atoms with Gasteiger partial charge in [0.05, 0.1) is 6.20 Å². The van der Waals surface area contributed by atoms with Gasteiger partial charge in [0.25, 0.3) is 0 Å². The molecule has 2 N–H and O–H groups in total. The highest BCUT2D eigenvalue weighted by atomic mass is 15.3. The molecule has 0 aliphatic carbocycles. The first-order chi connectivity index (χ1) is 11.8. The zero-order valence-electron chi connectivity index (χ0n) is 13.7. The van der Waals surface area contributed by atoms with Gasteiger partial charge in [-0.1, -0.05) is 55.5 Å². The Morgan fingerprint density at radius 2 is 1.75 bits per heavy atom. The molecular weight excluding hydrogens is 298 g/mol. The second-order valence-electron chi connectivity index (χ2n) is 5.46. The van der Waals surface area contributed by atoms with E-state index in [-0.39, 0.29) is 0 Å². The highest BCUT2D eigenvalue weighted by Crippen LogP contribution is 2.19. The van der Waals surface area contributed by atoms with Gasteiger partial charge in [-0.3, -0.25) is 0 Å². The van der Waals surface area contributed by atoms with Gasteiger partial charge in [0.15, 0.2) is 5.82 Å². The molecular formula is C19H21N5. The van der Waals surface area contributed by atoms with Crippen LogP contribution in [0.3, 0.4) is 0 Å². The highest BCUT2D eigenvalue weighted by molar-refractivity contribution is 5.58. The van der Waals surface area contributed by atoms with Crippen LogP contribution in [0.2, 0.25) is 0 Å². The lowest BCUT2D eigenvalue weighted by Gasteiger charge is -2.10. The maximum absolute atomic E-state index is 4.48. The Labute approximate surface area is 142 Å². The number of aromatic nitrogens is 3. The summed E-state index contributed by atoms with van der Waals surface area (Å²) >= 11 is 0. The van der Waals surface area contributed by atoms with E-state index in [1.807, 2.05) is 24.3 Å². The van der Waals surface area contributed by atoms with Crippen molar-refractivity contribution in [3.8, 4) is 0 Å². The second kappa shape index (κ2) is 8.06. The Bertz CT molecular complexity index is 773. The minimum absolute atomic E-state index is 0.501. The number of anilines is 3. The molecule has 0 bridgehead atoms. The van der Waals surface area contributed by atoms with Crippen LogP contribution in [0.1, 0.15) is 18.1 Å². The van der Waals surface area contributed by atoms with Gasteiger partial charge in [0.2, 0.25) is 5.95 Å². The Morgan fingerprint density at radius 3 is 2.58 bits per heavy atom.